The molecule has 6 nitrogen and oxygen atoms in total. The third-order valence-electron chi connectivity index (χ3n) is 3.11. The fourth-order valence-electron chi connectivity index (χ4n) is 1.94. The van der Waals surface area contributed by atoms with Crippen molar-refractivity contribution in [1.29, 1.82) is 0 Å². The predicted molar refractivity (Wildman–Crippen MR) is 85.8 cm³/mol. The topological polar surface area (TPSA) is 85.4 Å². The van der Waals surface area contributed by atoms with E-state index in [1.807, 2.05) is 0 Å². The molecule has 0 spiro atoms. The van der Waals surface area contributed by atoms with E-state index in [2.05, 4.69) is 14.4 Å². The third kappa shape index (κ3) is 4.07. The minimum absolute atomic E-state index is 0.0124. The summed E-state index contributed by atoms with van der Waals surface area (Å²) in [5, 5.41) is 0.0124. The van der Waals surface area contributed by atoms with Crippen LogP contribution in [0.15, 0.2) is 47.5 Å². The fourth-order valence-corrected chi connectivity index (χ4v) is 3.69. The van der Waals surface area contributed by atoms with Crippen molar-refractivity contribution in [2.75, 3.05) is 7.11 Å². The van der Waals surface area contributed by atoms with Crippen LogP contribution in [-0.4, -0.2) is 26.5 Å². The highest BCUT2D eigenvalue weighted by molar-refractivity contribution is 7.89. The van der Waals surface area contributed by atoms with Crippen molar-refractivity contribution < 1.29 is 17.9 Å². The number of pyridine rings is 1. The van der Waals surface area contributed by atoms with E-state index in [0.717, 1.165) is 0 Å². The molecule has 0 aliphatic carbocycles. The molecule has 0 fully saturated rings. The molecular weight excluding hydrogens is 340 g/mol. The number of sulfonamides is 1. The summed E-state index contributed by atoms with van der Waals surface area (Å²) in [4.78, 5) is 15.5. The van der Waals surface area contributed by atoms with Gasteiger partial charge in [-0.2, -0.15) is 0 Å². The number of nitrogens with zero attached hydrogens (tertiary/aromatic N) is 1. The molecule has 0 amide bonds. The Labute approximate surface area is 139 Å². The summed E-state index contributed by atoms with van der Waals surface area (Å²) in [6.07, 6.45) is 1.57. The number of carbonyl (C=O) groups is 1. The molecule has 0 saturated carbocycles. The number of hydrogen-bond acceptors (Lipinski definition) is 5. The molecule has 0 aliphatic rings. The number of methoxy groups -OCH3 is 1. The Bertz CT molecular complexity index is 809. The molecule has 2 rings (SSSR count). The predicted octanol–water partition coefficient (Wildman–Crippen LogP) is 2.56. The number of aromatic nitrogens is 1. The summed E-state index contributed by atoms with van der Waals surface area (Å²) in [5.41, 5.74) is 0.666. The van der Waals surface area contributed by atoms with Crippen molar-refractivity contribution in [3.63, 3.8) is 0 Å². The van der Waals surface area contributed by atoms with Crippen LogP contribution in [0.25, 0.3) is 0 Å². The molecule has 1 N–H and O–H groups in total. The van der Waals surface area contributed by atoms with Crippen molar-refractivity contribution in [1.82, 2.24) is 9.71 Å². The number of hydrogen-bond donors (Lipinski definition) is 1. The van der Waals surface area contributed by atoms with Gasteiger partial charge >= 0.3 is 5.97 Å². The Balaban J connectivity index is 2.34. The van der Waals surface area contributed by atoms with Crippen LogP contribution in [0.5, 0.6) is 0 Å². The van der Waals surface area contributed by atoms with Crippen LogP contribution >= 0.6 is 11.6 Å². The molecule has 1 aromatic heterocycles. The maximum Gasteiger partial charge on any atom is 0.337 e. The van der Waals surface area contributed by atoms with E-state index in [1.54, 1.807) is 31.3 Å². The second-order valence-electron chi connectivity index (χ2n) is 4.73. The van der Waals surface area contributed by atoms with E-state index in [1.165, 1.54) is 25.3 Å². The number of ether oxygens (including phenoxy) is 1. The van der Waals surface area contributed by atoms with Gasteiger partial charge in [-0.05, 0) is 37.3 Å². The highest BCUT2D eigenvalue weighted by atomic mass is 35.5. The number of nitrogens with one attached hydrogen (secondary N) is 1. The fraction of sp³-hybridized carbons (Fsp3) is 0.200. The molecule has 0 bridgehead atoms. The summed E-state index contributed by atoms with van der Waals surface area (Å²) in [6.45, 7) is 1.66. The zero-order chi connectivity index (χ0) is 17.0. The molecule has 1 atom stereocenters. The van der Waals surface area contributed by atoms with Gasteiger partial charge in [-0.3, -0.25) is 4.98 Å². The molecule has 122 valence electrons. The first-order valence-electron chi connectivity index (χ1n) is 6.66. The Kier molecular flexibility index (Phi) is 5.35. The number of carbonyl (C=O) groups excluding carboxylic acids is 1. The number of halogens is 1. The van der Waals surface area contributed by atoms with Crippen LogP contribution < -0.4 is 4.72 Å². The van der Waals surface area contributed by atoms with Gasteiger partial charge in [0.2, 0.25) is 10.0 Å². The summed E-state index contributed by atoms with van der Waals surface area (Å²) < 4.78 is 32.1. The van der Waals surface area contributed by atoms with Gasteiger partial charge in [-0.25, -0.2) is 17.9 Å². The number of benzene rings is 1. The monoisotopic (exact) mass is 354 g/mol. The van der Waals surface area contributed by atoms with E-state index in [0.29, 0.717) is 5.69 Å². The average molecular weight is 355 g/mol. The summed E-state index contributed by atoms with van der Waals surface area (Å²) in [6, 6.07) is 8.57. The first-order valence-corrected chi connectivity index (χ1v) is 8.52. The van der Waals surface area contributed by atoms with Crippen LogP contribution in [0, 0.1) is 0 Å². The van der Waals surface area contributed by atoms with Crippen LogP contribution in [0.1, 0.15) is 29.0 Å². The van der Waals surface area contributed by atoms with Crippen molar-refractivity contribution in [2.45, 2.75) is 17.9 Å². The lowest BCUT2D eigenvalue weighted by Gasteiger charge is -2.15. The molecule has 0 saturated heterocycles. The van der Waals surface area contributed by atoms with Gasteiger partial charge in [0.05, 0.1) is 29.4 Å². The normalized spacial score (nSPS) is 12.7. The van der Waals surface area contributed by atoms with Crippen molar-refractivity contribution >= 4 is 27.6 Å². The van der Waals surface area contributed by atoms with Crippen LogP contribution in [0.4, 0.5) is 0 Å². The van der Waals surface area contributed by atoms with Gasteiger partial charge in [0.1, 0.15) is 4.90 Å². The SMILES string of the molecule is COC(=O)c1ccc(Cl)c(S(=O)(=O)NC(C)c2ccccn2)c1. The van der Waals surface area contributed by atoms with Gasteiger partial charge in [-0.15, -0.1) is 0 Å². The van der Waals surface area contributed by atoms with Gasteiger partial charge in [0, 0.05) is 6.20 Å². The van der Waals surface area contributed by atoms with Crippen molar-refractivity contribution in [3.05, 3.63) is 58.9 Å². The lowest BCUT2D eigenvalue weighted by atomic mass is 10.2. The molecule has 0 radical (unpaired) electrons. The highest BCUT2D eigenvalue weighted by Crippen LogP contribution is 2.24. The van der Waals surface area contributed by atoms with Crippen molar-refractivity contribution in [2.24, 2.45) is 0 Å². The summed E-state index contributed by atoms with van der Waals surface area (Å²) >= 11 is 5.97. The summed E-state index contributed by atoms with van der Waals surface area (Å²) in [5.74, 6) is -0.643. The summed E-state index contributed by atoms with van der Waals surface area (Å²) in [7, 11) is -2.72. The maximum absolute atomic E-state index is 12.5. The lowest BCUT2D eigenvalue weighted by Crippen LogP contribution is -2.28. The Morgan fingerprint density at radius 1 is 1.30 bits per heavy atom. The zero-order valence-corrected chi connectivity index (χ0v) is 14.1. The lowest BCUT2D eigenvalue weighted by molar-refractivity contribution is 0.0600. The molecule has 0 aliphatic heterocycles. The van der Waals surface area contributed by atoms with Crippen LogP contribution in [0.3, 0.4) is 0 Å². The molecule has 23 heavy (non-hydrogen) atoms. The van der Waals surface area contributed by atoms with E-state index >= 15 is 0 Å². The Morgan fingerprint density at radius 2 is 2.04 bits per heavy atom. The van der Waals surface area contributed by atoms with Gasteiger partial charge in [-0.1, -0.05) is 17.7 Å². The zero-order valence-electron chi connectivity index (χ0n) is 12.5. The van der Waals surface area contributed by atoms with Crippen LogP contribution in [0.2, 0.25) is 5.02 Å². The molecule has 8 heteroatoms. The van der Waals surface area contributed by atoms with Crippen LogP contribution in [-0.2, 0) is 14.8 Å². The second kappa shape index (κ2) is 7.08. The smallest absolute Gasteiger partial charge is 0.337 e. The van der Waals surface area contributed by atoms with Crippen molar-refractivity contribution in [3.8, 4) is 0 Å². The molecule has 1 unspecified atom stereocenters. The van der Waals surface area contributed by atoms with E-state index in [9.17, 15) is 13.2 Å². The highest BCUT2D eigenvalue weighted by Gasteiger charge is 2.23. The minimum atomic E-state index is -3.93. The average Bonchev–Trinajstić information content (AvgIpc) is 2.54. The second-order valence-corrected chi connectivity index (χ2v) is 6.82. The Hall–Kier alpha value is -1.96. The first-order chi connectivity index (χ1) is 10.8. The molecule has 1 heterocycles. The third-order valence-corrected chi connectivity index (χ3v) is 5.13. The van der Waals surface area contributed by atoms with E-state index in [4.69, 9.17) is 11.6 Å². The maximum atomic E-state index is 12.5. The van der Waals surface area contributed by atoms with Gasteiger partial charge < -0.3 is 4.74 Å². The van der Waals surface area contributed by atoms with Gasteiger partial charge in [0.15, 0.2) is 0 Å². The quantitative estimate of drug-likeness (QED) is 0.834. The first kappa shape index (κ1) is 17.4. The largest absolute Gasteiger partial charge is 0.465 e. The minimum Gasteiger partial charge on any atom is -0.465 e. The molecule has 1 aromatic carbocycles. The van der Waals surface area contributed by atoms with E-state index < -0.39 is 22.0 Å². The van der Waals surface area contributed by atoms with Gasteiger partial charge in [0.25, 0.3) is 0 Å². The molecule has 2 aromatic rings. The molecular formula is C15H15ClN2O4S. The Morgan fingerprint density at radius 3 is 2.65 bits per heavy atom. The number of rotatable bonds is 5. The van der Waals surface area contributed by atoms with E-state index in [-0.39, 0.29) is 15.5 Å². The standard InChI is InChI=1S/C15H15ClN2O4S/c1-10(13-5-3-4-8-17-13)18-23(20,21)14-9-11(15(19)22-2)6-7-12(14)16/h3-10,18H,1-2H3. The number of esters is 1.